The number of hydrogen-bond acceptors (Lipinski definition) is 5. The zero-order valence-corrected chi connectivity index (χ0v) is 16.9. The van der Waals surface area contributed by atoms with Gasteiger partial charge in [0.05, 0.1) is 17.5 Å². The van der Waals surface area contributed by atoms with Crippen LogP contribution in [0.5, 0.6) is 0 Å². The Morgan fingerprint density at radius 2 is 1.74 bits per heavy atom. The van der Waals surface area contributed by atoms with E-state index >= 15 is 0 Å². The van der Waals surface area contributed by atoms with Gasteiger partial charge in [0.15, 0.2) is 5.69 Å². The van der Waals surface area contributed by atoms with E-state index in [9.17, 15) is 14.4 Å². The lowest BCUT2D eigenvalue weighted by Crippen LogP contribution is -2.38. The van der Waals surface area contributed by atoms with Crippen LogP contribution in [0.1, 0.15) is 40.6 Å². The Bertz CT molecular complexity index is 1090. The van der Waals surface area contributed by atoms with E-state index in [4.69, 9.17) is 10.2 Å². The topological polar surface area (TPSA) is 152 Å². The summed E-state index contributed by atoms with van der Waals surface area (Å²) in [5, 5.41) is 23.7. The van der Waals surface area contributed by atoms with E-state index in [0.29, 0.717) is 23.8 Å². The summed E-state index contributed by atoms with van der Waals surface area (Å²) in [6.45, 7) is 3.55. The van der Waals surface area contributed by atoms with Crippen molar-refractivity contribution in [1.82, 2.24) is 25.1 Å². The van der Waals surface area contributed by atoms with E-state index in [2.05, 4.69) is 27.1 Å². The van der Waals surface area contributed by atoms with Gasteiger partial charge in [-0.15, -0.1) is 0 Å². The van der Waals surface area contributed by atoms with Crippen LogP contribution in [0.3, 0.4) is 0 Å². The number of benzene rings is 1. The number of carboxylic acids is 2. The maximum Gasteiger partial charge on any atom is 0.328 e. The molecular weight excluding hydrogens is 402 g/mol. The number of aryl methyl sites for hydroxylation is 1. The van der Waals surface area contributed by atoms with Crippen molar-refractivity contribution in [2.45, 2.75) is 25.7 Å². The number of carbonyl (C=O) groups is 3. The van der Waals surface area contributed by atoms with Crippen molar-refractivity contribution in [3.05, 3.63) is 59.8 Å². The minimum Gasteiger partial charge on any atom is -0.478 e. The van der Waals surface area contributed by atoms with Crippen molar-refractivity contribution in [1.29, 1.82) is 0 Å². The SMILES string of the molecule is Cc1[nH]cnc1C1CCN(C(=O)c2n[nH]c3ccccc23)CC1.O=C(O)/C=C/C(=O)O. The van der Waals surface area contributed by atoms with Crippen LogP contribution in [-0.4, -0.2) is 66.2 Å². The first-order valence-electron chi connectivity index (χ1n) is 9.73. The molecule has 0 spiro atoms. The number of rotatable bonds is 4. The van der Waals surface area contributed by atoms with Gasteiger partial charge in [-0.1, -0.05) is 18.2 Å². The van der Waals surface area contributed by atoms with E-state index in [0.717, 1.165) is 48.2 Å². The van der Waals surface area contributed by atoms with Crippen molar-refractivity contribution in [2.75, 3.05) is 13.1 Å². The second kappa shape index (κ2) is 9.70. The molecule has 2 aromatic heterocycles. The van der Waals surface area contributed by atoms with E-state index in [1.165, 1.54) is 0 Å². The van der Waals surface area contributed by atoms with Gasteiger partial charge in [0.1, 0.15) is 0 Å². The van der Waals surface area contributed by atoms with E-state index in [-0.39, 0.29) is 5.91 Å². The van der Waals surface area contributed by atoms with Gasteiger partial charge in [0.25, 0.3) is 5.91 Å². The van der Waals surface area contributed by atoms with Crippen LogP contribution in [0.15, 0.2) is 42.7 Å². The van der Waals surface area contributed by atoms with Gasteiger partial charge < -0.3 is 20.1 Å². The molecule has 4 N–H and O–H groups in total. The van der Waals surface area contributed by atoms with Crippen molar-refractivity contribution in [3.8, 4) is 0 Å². The third-order valence-corrected chi connectivity index (χ3v) is 5.08. The second-order valence-electron chi connectivity index (χ2n) is 7.11. The third-order valence-electron chi connectivity index (χ3n) is 5.08. The van der Waals surface area contributed by atoms with Gasteiger partial charge in [-0.3, -0.25) is 9.89 Å². The molecule has 0 unspecified atom stereocenters. The quantitative estimate of drug-likeness (QED) is 0.468. The molecule has 10 heteroatoms. The van der Waals surface area contributed by atoms with E-state index in [1.807, 2.05) is 29.2 Å². The molecule has 3 heterocycles. The van der Waals surface area contributed by atoms with E-state index in [1.54, 1.807) is 6.33 Å². The first kappa shape index (κ1) is 21.8. The molecule has 1 saturated heterocycles. The van der Waals surface area contributed by atoms with Crippen LogP contribution in [0.4, 0.5) is 0 Å². The number of aromatic nitrogens is 4. The molecular formula is C21H23N5O5. The Labute approximate surface area is 177 Å². The molecule has 31 heavy (non-hydrogen) atoms. The molecule has 1 amide bonds. The van der Waals surface area contributed by atoms with E-state index < -0.39 is 11.9 Å². The van der Waals surface area contributed by atoms with Crippen molar-refractivity contribution in [2.24, 2.45) is 0 Å². The number of carbonyl (C=O) groups excluding carboxylic acids is 1. The molecule has 1 fully saturated rings. The predicted molar refractivity (Wildman–Crippen MR) is 112 cm³/mol. The van der Waals surface area contributed by atoms with Gasteiger partial charge in [-0.25, -0.2) is 14.6 Å². The van der Waals surface area contributed by atoms with Crippen LogP contribution in [-0.2, 0) is 9.59 Å². The summed E-state index contributed by atoms with van der Waals surface area (Å²) in [6.07, 6.45) is 4.75. The van der Waals surface area contributed by atoms with Crippen LogP contribution in [0.2, 0.25) is 0 Å². The highest BCUT2D eigenvalue weighted by molar-refractivity contribution is 6.04. The smallest absolute Gasteiger partial charge is 0.328 e. The molecule has 1 aromatic carbocycles. The second-order valence-corrected chi connectivity index (χ2v) is 7.11. The molecule has 0 atom stereocenters. The molecule has 0 saturated carbocycles. The molecule has 1 aliphatic heterocycles. The minimum atomic E-state index is -1.26. The molecule has 0 radical (unpaired) electrons. The predicted octanol–water partition coefficient (Wildman–Crippen LogP) is 2.33. The Morgan fingerprint density at radius 3 is 2.32 bits per heavy atom. The number of fused-ring (bicyclic) bond motifs is 1. The van der Waals surface area contributed by atoms with Crippen LogP contribution < -0.4 is 0 Å². The van der Waals surface area contributed by atoms with Crippen molar-refractivity contribution < 1.29 is 24.6 Å². The number of nitrogens with one attached hydrogen (secondary N) is 2. The average molecular weight is 425 g/mol. The fraction of sp³-hybridized carbons (Fsp3) is 0.286. The molecule has 0 bridgehead atoms. The van der Waals surface area contributed by atoms with Crippen LogP contribution in [0, 0.1) is 6.92 Å². The fourth-order valence-electron chi connectivity index (χ4n) is 3.56. The Kier molecular flexibility index (Phi) is 6.81. The average Bonchev–Trinajstić information content (AvgIpc) is 3.38. The summed E-state index contributed by atoms with van der Waals surface area (Å²) >= 11 is 0. The van der Waals surface area contributed by atoms with Gasteiger partial charge in [0.2, 0.25) is 0 Å². The summed E-state index contributed by atoms with van der Waals surface area (Å²) < 4.78 is 0. The molecule has 10 nitrogen and oxygen atoms in total. The maximum absolute atomic E-state index is 12.8. The first-order chi connectivity index (χ1) is 14.9. The summed E-state index contributed by atoms with van der Waals surface area (Å²) in [5.41, 5.74) is 3.70. The third kappa shape index (κ3) is 5.35. The molecule has 0 aliphatic carbocycles. The number of amides is 1. The standard InChI is InChI=1S/C17H19N5O.C4H4O4/c1-11-15(19-10-18-11)12-6-8-22(9-7-12)17(23)16-13-4-2-3-5-14(13)20-21-16;5-3(6)1-2-4(7)8/h2-5,10,12H,6-9H2,1H3,(H,18,19)(H,20,21);1-2H,(H,5,6)(H,7,8)/b;2-1+. The zero-order valence-electron chi connectivity index (χ0n) is 16.9. The largest absolute Gasteiger partial charge is 0.478 e. The monoisotopic (exact) mass is 425 g/mol. The summed E-state index contributed by atoms with van der Waals surface area (Å²) in [4.78, 5) is 41.3. The fourth-order valence-corrected chi connectivity index (χ4v) is 3.56. The van der Waals surface area contributed by atoms with Crippen molar-refractivity contribution in [3.63, 3.8) is 0 Å². The van der Waals surface area contributed by atoms with Crippen LogP contribution >= 0.6 is 0 Å². The number of hydrogen-bond donors (Lipinski definition) is 4. The number of carboxylic acid groups (broad SMARTS) is 2. The highest BCUT2D eigenvalue weighted by Gasteiger charge is 2.28. The van der Waals surface area contributed by atoms with Crippen LogP contribution in [0.25, 0.3) is 10.9 Å². The number of nitrogens with zero attached hydrogens (tertiary/aromatic N) is 3. The number of aliphatic carboxylic acids is 2. The summed E-state index contributed by atoms with van der Waals surface area (Å²) in [6, 6.07) is 7.74. The number of H-pyrrole nitrogens is 2. The maximum atomic E-state index is 12.8. The Balaban J connectivity index is 0.000000293. The lowest BCUT2D eigenvalue weighted by Gasteiger charge is -2.31. The van der Waals surface area contributed by atoms with Gasteiger partial charge in [-0.05, 0) is 25.8 Å². The highest BCUT2D eigenvalue weighted by Crippen LogP contribution is 2.29. The lowest BCUT2D eigenvalue weighted by molar-refractivity contribution is -0.134. The minimum absolute atomic E-state index is 0.0136. The molecule has 3 aromatic rings. The van der Waals surface area contributed by atoms with Gasteiger partial charge >= 0.3 is 11.9 Å². The number of para-hydroxylation sites is 1. The lowest BCUT2D eigenvalue weighted by atomic mass is 9.92. The Morgan fingerprint density at radius 1 is 1.10 bits per heavy atom. The summed E-state index contributed by atoms with van der Waals surface area (Å²) in [5.74, 6) is -2.07. The van der Waals surface area contributed by atoms with Crippen molar-refractivity contribution >= 4 is 28.7 Å². The Hall–Kier alpha value is -3.95. The highest BCUT2D eigenvalue weighted by atomic mass is 16.4. The first-order valence-corrected chi connectivity index (χ1v) is 9.73. The van der Waals surface area contributed by atoms with Gasteiger partial charge in [0, 0.05) is 42.2 Å². The number of piperidine rings is 1. The normalized spacial score (nSPS) is 14.4. The molecule has 4 rings (SSSR count). The number of likely N-dealkylation sites (tertiary alicyclic amines) is 1. The number of aromatic amines is 2. The summed E-state index contributed by atoms with van der Waals surface area (Å²) in [7, 11) is 0. The molecule has 162 valence electrons. The zero-order chi connectivity index (χ0) is 22.4. The number of imidazole rings is 1. The molecule has 1 aliphatic rings. The van der Waals surface area contributed by atoms with Gasteiger partial charge in [-0.2, -0.15) is 5.10 Å².